The van der Waals surface area contributed by atoms with Gasteiger partial charge in [-0.1, -0.05) is 19.8 Å². The van der Waals surface area contributed by atoms with Gasteiger partial charge in [-0.15, -0.1) is 0 Å². The summed E-state index contributed by atoms with van der Waals surface area (Å²) in [7, 11) is 2.23. The number of nitrogens with one attached hydrogen (secondary N) is 2. The Balaban J connectivity index is 1.77. The SMILES string of the molecule is CCCC1CCC(NC(=NCC2CCCN(C)C2)NCC)CC1. The molecule has 1 heterocycles. The van der Waals surface area contributed by atoms with Crippen molar-refractivity contribution < 1.29 is 0 Å². The second-order valence-corrected chi connectivity index (χ2v) is 7.64. The second kappa shape index (κ2) is 10.2. The molecule has 1 atom stereocenters. The molecule has 1 unspecified atom stereocenters. The van der Waals surface area contributed by atoms with Crippen LogP contribution in [-0.4, -0.2) is 50.1 Å². The minimum atomic E-state index is 0.620. The summed E-state index contributed by atoms with van der Waals surface area (Å²) in [5.74, 6) is 2.74. The molecule has 0 radical (unpaired) electrons. The molecular formula is C19H38N4. The van der Waals surface area contributed by atoms with Gasteiger partial charge in [0.2, 0.25) is 0 Å². The first-order valence-corrected chi connectivity index (χ1v) is 9.94. The molecule has 0 amide bonds. The van der Waals surface area contributed by atoms with Crippen molar-refractivity contribution in [2.45, 2.75) is 71.3 Å². The summed E-state index contributed by atoms with van der Waals surface area (Å²) >= 11 is 0. The molecular weight excluding hydrogens is 284 g/mol. The fraction of sp³-hybridized carbons (Fsp3) is 0.947. The predicted molar refractivity (Wildman–Crippen MR) is 100.0 cm³/mol. The molecule has 2 rings (SSSR count). The highest BCUT2D eigenvalue weighted by atomic mass is 15.2. The van der Waals surface area contributed by atoms with E-state index < -0.39 is 0 Å². The van der Waals surface area contributed by atoms with Crippen LogP contribution in [0.1, 0.15) is 65.2 Å². The second-order valence-electron chi connectivity index (χ2n) is 7.64. The third kappa shape index (κ3) is 6.70. The third-order valence-corrected chi connectivity index (χ3v) is 5.46. The third-order valence-electron chi connectivity index (χ3n) is 5.46. The molecule has 2 aliphatic rings. The Kier molecular flexibility index (Phi) is 8.21. The molecule has 4 heteroatoms. The molecule has 0 aromatic carbocycles. The van der Waals surface area contributed by atoms with Crippen LogP contribution in [0.15, 0.2) is 4.99 Å². The molecule has 23 heavy (non-hydrogen) atoms. The summed E-state index contributed by atoms with van der Waals surface area (Å²) < 4.78 is 0. The van der Waals surface area contributed by atoms with E-state index in [1.165, 1.54) is 64.5 Å². The van der Waals surface area contributed by atoms with Crippen LogP contribution in [-0.2, 0) is 0 Å². The van der Waals surface area contributed by atoms with Gasteiger partial charge in [0.1, 0.15) is 0 Å². The number of hydrogen-bond acceptors (Lipinski definition) is 2. The largest absolute Gasteiger partial charge is 0.357 e. The fourth-order valence-corrected chi connectivity index (χ4v) is 4.16. The molecule has 0 aromatic rings. The van der Waals surface area contributed by atoms with Crippen LogP contribution < -0.4 is 10.6 Å². The van der Waals surface area contributed by atoms with Crippen molar-refractivity contribution in [2.75, 3.05) is 33.2 Å². The minimum absolute atomic E-state index is 0.620. The van der Waals surface area contributed by atoms with Crippen LogP contribution in [0.3, 0.4) is 0 Å². The molecule has 1 saturated heterocycles. The van der Waals surface area contributed by atoms with Gasteiger partial charge in [-0.3, -0.25) is 4.99 Å². The maximum absolute atomic E-state index is 4.89. The Labute approximate surface area is 143 Å². The van der Waals surface area contributed by atoms with E-state index in [0.717, 1.165) is 30.9 Å². The van der Waals surface area contributed by atoms with Crippen LogP contribution in [0.25, 0.3) is 0 Å². The zero-order valence-corrected chi connectivity index (χ0v) is 15.6. The van der Waals surface area contributed by atoms with Crippen LogP contribution >= 0.6 is 0 Å². The Bertz CT molecular complexity index is 347. The van der Waals surface area contributed by atoms with Crippen LogP contribution in [0.5, 0.6) is 0 Å². The summed E-state index contributed by atoms with van der Waals surface area (Å²) in [6.07, 6.45) is 10.8. The first kappa shape index (κ1) is 18.6. The van der Waals surface area contributed by atoms with E-state index in [1.54, 1.807) is 0 Å². The lowest BCUT2D eigenvalue weighted by Gasteiger charge is -2.31. The molecule has 2 fully saturated rings. The average Bonchev–Trinajstić information content (AvgIpc) is 2.55. The minimum Gasteiger partial charge on any atom is -0.357 e. The number of rotatable bonds is 6. The first-order chi connectivity index (χ1) is 11.2. The molecule has 1 aliphatic heterocycles. The van der Waals surface area contributed by atoms with Crippen LogP contribution in [0, 0.1) is 11.8 Å². The fourth-order valence-electron chi connectivity index (χ4n) is 4.16. The van der Waals surface area contributed by atoms with Crippen molar-refractivity contribution in [3.05, 3.63) is 0 Å². The van der Waals surface area contributed by atoms with E-state index in [9.17, 15) is 0 Å². The topological polar surface area (TPSA) is 39.7 Å². The van der Waals surface area contributed by atoms with E-state index >= 15 is 0 Å². The number of likely N-dealkylation sites (tertiary alicyclic amines) is 1. The molecule has 1 aliphatic carbocycles. The van der Waals surface area contributed by atoms with Crippen LogP contribution in [0.2, 0.25) is 0 Å². The maximum atomic E-state index is 4.89. The van der Waals surface area contributed by atoms with Crippen molar-refractivity contribution in [1.82, 2.24) is 15.5 Å². The van der Waals surface area contributed by atoms with Gasteiger partial charge in [-0.2, -0.15) is 0 Å². The lowest BCUT2D eigenvalue weighted by molar-refractivity contribution is 0.214. The van der Waals surface area contributed by atoms with Crippen molar-refractivity contribution >= 4 is 5.96 Å². The number of guanidine groups is 1. The Morgan fingerprint density at radius 3 is 2.52 bits per heavy atom. The summed E-state index contributed by atoms with van der Waals surface area (Å²) in [5.41, 5.74) is 0. The van der Waals surface area contributed by atoms with E-state index in [2.05, 4.69) is 36.4 Å². The monoisotopic (exact) mass is 322 g/mol. The van der Waals surface area contributed by atoms with Gasteiger partial charge in [0.15, 0.2) is 5.96 Å². The van der Waals surface area contributed by atoms with Crippen molar-refractivity contribution in [1.29, 1.82) is 0 Å². The van der Waals surface area contributed by atoms with Crippen molar-refractivity contribution in [3.63, 3.8) is 0 Å². The lowest BCUT2D eigenvalue weighted by atomic mass is 9.83. The number of nitrogens with zero attached hydrogens (tertiary/aromatic N) is 2. The van der Waals surface area contributed by atoms with Gasteiger partial charge in [0, 0.05) is 25.7 Å². The molecule has 1 saturated carbocycles. The molecule has 0 bridgehead atoms. The van der Waals surface area contributed by atoms with Gasteiger partial charge >= 0.3 is 0 Å². The Morgan fingerprint density at radius 2 is 1.87 bits per heavy atom. The Morgan fingerprint density at radius 1 is 1.09 bits per heavy atom. The van der Waals surface area contributed by atoms with E-state index in [-0.39, 0.29) is 0 Å². The highest BCUT2D eigenvalue weighted by molar-refractivity contribution is 5.80. The standard InChI is InChI=1S/C19H38N4/c1-4-7-16-9-11-18(12-10-16)22-19(20-5-2)21-14-17-8-6-13-23(3)15-17/h16-18H,4-15H2,1-3H3,(H2,20,21,22). The van der Waals surface area contributed by atoms with Gasteiger partial charge in [0.25, 0.3) is 0 Å². The molecule has 0 aromatic heterocycles. The quantitative estimate of drug-likeness (QED) is 0.582. The predicted octanol–water partition coefficient (Wildman–Crippen LogP) is 3.24. The summed E-state index contributed by atoms with van der Waals surface area (Å²) in [5, 5.41) is 7.14. The average molecular weight is 323 g/mol. The molecule has 0 spiro atoms. The number of piperidine rings is 1. The number of aliphatic imine (C=N–C) groups is 1. The molecule has 4 nitrogen and oxygen atoms in total. The van der Waals surface area contributed by atoms with Gasteiger partial charge in [0.05, 0.1) is 0 Å². The highest BCUT2D eigenvalue weighted by Gasteiger charge is 2.21. The number of hydrogen-bond donors (Lipinski definition) is 2. The summed E-state index contributed by atoms with van der Waals surface area (Å²) in [6, 6.07) is 0.620. The molecule has 134 valence electrons. The van der Waals surface area contributed by atoms with E-state index in [4.69, 9.17) is 4.99 Å². The summed E-state index contributed by atoms with van der Waals surface area (Å²) in [6.45, 7) is 8.82. The zero-order chi connectivity index (χ0) is 16.5. The van der Waals surface area contributed by atoms with E-state index in [1.807, 2.05) is 0 Å². The lowest BCUT2D eigenvalue weighted by Crippen LogP contribution is -2.45. The zero-order valence-electron chi connectivity index (χ0n) is 15.6. The van der Waals surface area contributed by atoms with Gasteiger partial charge in [-0.05, 0) is 70.9 Å². The van der Waals surface area contributed by atoms with Crippen molar-refractivity contribution in [2.24, 2.45) is 16.8 Å². The Hall–Kier alpha value is -0.770. The molecule has 2 N–H and O–H groups in total. The van der Waals surface area contributed by atoms with Crippen molar-refractivity contribution in [3.8, 4) is 0 Å². The van der Waals surface area contributed by atoms with Gasteiger partial charge in [-0.25, -0.2) is 0 Å². The smallest absolute Gasteiger partial charge is 0.191 e. The first-order valence-electron chi connectivity index (χ1n) is 9.94. The normalized spacial score (nSPS) is 30.2. The van der Waals surface area contributed by atoms with E-state index in [0.29, 0.717) is 6.04 Å². The van der Waals surface area contributed by atoms with Crippen LogP contribution in [0.4, 0.5) is 0 Å². The maximum Gasteiger partial charge on any atom is 0.191 e. The highest BCUT2D eigenvalue weighted by Crippen LogP contribution is 2.27. The van der Waals surface area contributed by atoms with Gasteiger partial charge < -0.3 is 15.5 Å². The summed E-state index contributed by atoms with van der Waals surface area (Å²) in [4.78, 5) is 7.33.